The average Bonchev–Trinajstić information content (AvgIpc) is 2.76. The van der Waals surface area contributed by atoms with Crippen molar-refractivity contribution in [3.63, 3.8) is 0 Å². The van der Waals surface area contributed by atoms with Crippen molar-refractivity contribution in [2.24, 2.45) is 0 Å². The molecule has 0 bridgehead atoms. The highest BCUT2D eigenvalue weighted by Crippen LogP contribution is 2.24. The molecule has 2 rings (SSSR count). The van der Waals surface area contributed by atoms with Crippen molar-refractivity contribution in [2.75, 3.05) is 11.1 Å². The van der Waals surface area contributed by atoms with Crippen LogP contribution in [0.2, 0.25) is 0 Å². The molecule has 1 aromatic carbocycles. The van der Waals surface area contributed by atoms with Gasteiger partial charge in [-0.3, -0.25) is 9.89 Å². The van der Waals surface area contributed by atoms with Crippen LogP contribution in [0.3, 0.4) is 0 Å². The van der Waals surface area contributed by atoms with Gasteiger partial charge < -0.3 is 11.1 Å². The predicted octanol–water partition coefficient (Wildman–Crippen LogP) is 2.37. The molecule has 0 saturated heterocycles. The molecule has 1 heterocycles. The van der Waals surface area contributed by atoms with Gasteiger partial charge in [-0.15, -0.1) is 0 Å². The van der Waals surface area contributed by atoms with E-state index in [1.54, 1.807) is 0 Å². The largest absolute Gasteiger partial charge is 0.383 e. The number of nitrogens with zero attached hydrogens (tertiary/aromatic N) is 1. The minimum absolute atomic E-state index is 0.255. The highest BCUT2D eigenvalue weighted by Gasteiger charge is 2.14. The number of nitrogens with one attached hydrogen (secondary N) is 2. The van der Waals surface area contributed by atoms with E-state index in [2.05, 4.69) is 29.4 Å². The zero-order chi connectivity index (χ0) is 13.1. The van der Waals surface area contributed by atoms with E-state index in [1.807, 2.05) is 24.3 Å². The molecule has 0 aliphatic rings. The molecule has 0 atom stereocenters. The lowest BCUT2D eigenvalue weighted by Crippen LogP contribution is -2.14. The summed E-state index contributed by atoms with van der Waals surface area (Å²) in [4.78, 5) is 12.0. The first-order valence-corrected chi connectivity index (χ1v) is 5.78. The maximum absolute atomic E-state index is 12.0. The molecule has 5 heteroatoms. The minimum atomic E-state index is -0.255. The fourth-order valence-corrected chi connectivity index (χ4v) is 1.78. The smallest absolute Gasteiger partial charge is 0.261 e. The van der Waals surface area contributed by atoms with Crippen molar-refractivity contribution in [3.05, 3.63) is 41.6 Å². The van der Waals surface area contributed by atoms with Crippen molar-refractivity contribution >= 4 is 17.4 Å². The van der Waals surface area contributed by atoms with Crippen molar-refractivity contribution in [2.45, 2.75) is 19.8 Å². The lowest BCUT2D eigenvalue weighted by atomic mass is 10.0. The molecular weight excluding hydrogens is 228 g/mol. The molecule has 4 N–H and O–H groups in total. The highest BCUT2D eigenvalue weighted by atomic mass is 16.1. The summed E-state index contributed by atoms with van der Waals surface area (Å²) in [5.41, 5.74) is 7.86. The van der Waals surface area contributed by atoms with Gasteiger partial charge in [0.2, 0.25) is 0 Å². The third kappa shape index (κ3) is 2.34. The molecule has 0 spiro atoms. The topological polar surface area (TPSA) is 83.8 Å². The van der Waals surface area contributed by atoms with E-state index in [9.17, 15) is 4.79 Å². The van der Waals surface area contributed by atoms with Crippen LogP contribution in [0.4, 0.5) is 11.5 Å². The van der Waals surface area contributed by atoms with Crippen molar-refractivity contribution in [1.29, 1.82) is 0 Å². The summed E-state index contributed by atoms with van der Waals surface area (Å²) < 4.78 is 0. The summed E-state index contributed by atoms with van der Waals surface area (Å²) >= 11 is 0. The third-order valence-electron chi connectivity index (χ3n) is 2.74. The second-order valence-electron chi connectivity index (χ2n) is 4.39. The van der Waals surface area contributed by atoms with Gasteiger partial charge in [0.15, 0.2) is 0 Å². The normalized spacial score (nSPS) is 10.6. The molecule has 18 heavy (non-hydrogen) atoms. The van der Waals surface area contributed by atoms with Crippen LogP contribution < -0.4 is 11.1 Å². The lowest BCUT2D eigenvalue weighted by molar-refractivity contribution is 0.102. The Kier molecular flexibility index (Phi) is 3.32. The summed E-state index contributed by atoms with van der Waals surface area (Å²) in [6.45, 7) is 4.16. The van der Waals surface area contributed by atoms with Crippen LogP contribution in [0.15, 0.2) is 30.5 Å². The van der Waals surface area contributed by atoms with Gasteiger partial charge in [-0.1, -0.05) is 32.0 Å². The highest BCUT2D eigenvalue weighted by molar-refractivity contribution is 6.07. The van der Waals surface area contributed by atoms with E-state index < -0.39 is 0 Å². The van der Waals surface area contributed by atoms with Crippen LogP contribution in [0.25, 0.3) is 0 Å². The molecular formula is C13H16N4O. The number of nitrogen functional groups attached to an aromatic ring is 1. The van der Waals surface area contributed by atoms with E-state index in [4.69, 9.17) is 5.73 Å². The van der Waals surface area contributed by atoms with E-state index in [-0.39, 0.29) is 11.7 Å². The number of rotatable bonds is 3. The van der Waals surface area contributed by atoms with E-state index >= 15 is 0 Å². The van der Waals surface area contributed by atoms with E-state index in [0.29, 0.717) is 11.5 Å². The molecule has 1 amide bonds. The molecule has 0 fully saturated rings. The second-order valence-corrected chi connectivity index (χ2v) is 4.39. The second kappa shape index (κ2) is 4.91. The molecule has 0 saturated carbocycles. The molecule has 94 valence electrons. The Morgan fingerprint density at radius 2 is 2.11 bits per heavy atom. The lowest BCUT2D eigenvalue weighted by Gasteiger charge is -2.13. The number of aromatic nitrogens is 2. The quantitative estimate of drug-likeness (QED) is 0.775. The van der Waals surface area contributed by atoms with Gasteiger partial charge in [-0.05, 0) is 17.5 Å². The van der Waals surface area contributed by atoms with Crippen molar-refractivity contribution in [1.82, 2.24) is 10.2 Å². The van der Waals surface area contributed by atoms with Crippen molar-refractivity contribution < 1.29 is 4.79 Å². The first-order chi connectivity index (χ1) is 8.59. The summed E-state index contributed by atoms with van der Waals surface area (Å²) in [6.07, 6.45) is 1.42. The minimum Gasteiger partial charge on any atom is -0.383 e. The fraction of sp³-hybridized carbons (Fsp3) is 0.231. The first kappa shape index (κ1) is 12.2. The maximum atomic E-state index is 12.0. The van der Waals surface area contributed by atoms with E-state index in [1.165, 1.54) is 6.20 Å². The van der Waals surface area contributed by atoms with Crippen LogP contribution >= 0.6 is 0 Å². The first-order valence-electron chi connectivity index (χ1n) is 5.78. The Morgan fingerprint density at radius 1 is 1.39 bits per heavy atom. The average molecular weight is 244 g/mol. The Balaban J connectivity index is 2.25. The zero-order valence-corrected chi connectivity index (χ0v) is 10.4. The number of carbonyl (C=O) groups excluding carboxylic acids is 1. The number of hydrogen-bond donors (Lipinski definition) is 3. The summed E-state index contributed by atoms with van der Waals surface area (Å²) in [7, 11) is 0. The number of benzene rings is 1. The van der Waals surface area contributed by atoms with Gasteiger partial charge >= 0.3 is 0 Å². The number of aromatic amines is 1. The SMILES string of the molecule is CC(C)c1ccccc1NC(=O)c1cn[nH]c1N. The monoisotopic (exact) mass is 244 g/mol. The number of carbonyl (C=O) groups is 1. The molecule has 0 aliphatic carbocycles. The van der Waals surface area contributed by atoms with Gasteiger partial charge in [0.05, 0.1) is 6.20 Å². The number of anilines is 2. The number of para-hydroxylation sites is 1. The van der Waals surface area contributed by atoms with Gasteiger partial charge in [0.25, 0.3) is 5.91 Å². The Hall–Kier alpha value is -2.30. The molecule has 5 nitrogen and oxygen atoms in total. The molecule has 0 aliphatic heterocycles. The van der Waals surface area contributed by atoms with Crippen LogP contribution in [-0.2, 0) is 0 Å². The zero-order valence-electron chi connectivity index (χ0n) is 10.4. The van der Waals surface area contributed by atoms with E-state index in [0.717, 1.165) is 11.3 Å². The van der Waals surface area contributed by atoms with Gasteiger partial charge in [0.1, 0.15) is 11.4 Å². The Labute approximate surface area is 105 Å². The van der Waals surface area contributed by atoms with Gasteiger partial charge in [-0.25, -0.2) is 0 Å². The number of nitrogens with two attached hydrogens (primary N) is 1. The third-order valence-corrected chi connectivity index (χ3v) is 2.74. The fourth-order valence-electron chi connectivity index (χ4n) is 1.78. The van der Waals surface area contributed by atoms with Crippen molar-refractivity contribution in [3.8, 4) is 0 Å². The van der Waals surface area contributed by atoms with Crippen LogP contribution in [0.1, 0.15) is 35.7 Å². The Morgan fingerprint density at radius 3 is 2.72 bits per heavy atom. The summed E-state index contributed by atoms with van der Waals surface area (Å²) in [5, 5.41) is 9.13. The maximum Gasteiger partial charge on any atom is 0.261 e. The Bertz CT molecular complexity index is 560. The molecule has 1 aromatic heterocycles. The van der Waals surface area contributed by atoms with Crippen LogP contribution in [-0.4, -0.2) is 16.1 Å². The van der Waals surface area contributed by atoms with Crippen LogP contribution in [0, 0.1) is 0 Å². The number of hydrogen-bond acceptors (Lipinski definition) is 3. The van der Waals surface area contributed by atoms with Gasteiger partial charge in [0, 0.05) is 5.69 Å². The number of amides is 1. The predicted molar refractivity (Wildman–Crippen MR) is 71.5 cm³/mol. The van der Waals surface area contributed by atoms with Crippen LogP contribution in [0.5, 0.6) is 0 Å². The molecule has 2 aromatic rings. The van der Waals surface area contributed by atoms with Gasteiger partial charge in [-0.2, -0.15) is 5.10 Å². The summed E-state index contributed by atoms with van der Waals surface area (Å²) in [5.74, 6) is 0.354. The standard InChI is InChI=1S/C13H16N4O/c1-8(2)9-5-3-4-6-11(9)16-13(18)10-7-15-17-12(10)14/h3-8H,1-2H3,(H,16,18)(H3,14,15,17). The number of H-pyrrole nitrogens is 1. The molecule has 0 unspecified atom stereocenters. The summed E-state index contributed by atoms with van der Waals surface area (Å²) in [6, 6.07) is 7.72. The molecule has 0 radical (unpaired) electrons.